The molecule has 55 atom stereocenters. The average molecular weight is 1960 g/mol. The molecule has 774 valence electrons. The molecule has 0 saturated carbocycles. The average Bonchev–Trinajstić information content (AvgIpc) is 0.755. The van der Waals surface area contributed by atoms with Gasteiger partial charge in [0, 0.05) is 27.7 Å². The molecule has 0 bridgehead atoms. The smallest absolute Gasteiger partial charge is 0.335 e. The van der Waals surface area contributed by atoms with Crippen LogP contribution in [0.4, 0.5) is 0 Å². The highest BCUT2D eigenvalue weighted by molar-refractivity contribution is 5.75. The van der Waals surface area contributed by atoms with Crippen LogP contribution in [-0.2, 0) is 123 Å². The highest BCUT2D eigenvalue weighted by atomic mass is 16.8. The number of hydrogen-bond donors (Lipinski definition) is 34. The lowest BCUT2D eigenvalue weighted by atomic mass is 9.93. The van der Waals surface area contributed by atoms with E-state index in [1.54, 1.807) is 0 Å². The SMILES string of the molecule is CC(=O)N[C@@H]1[C@@H](O)[C@H](O[C@H]2O[C@H](CO)[C@@H](O[C@H]3O[C@H](CO[C@H]4O[C@H](CO)[C@@H](O)[C@H](O[C@H]5O[C@H](CO)[C@@H](O)[C@H](O)[C@@H]5O)[C@@H]4O)[C@@H](O[C@@H]4O[C@H](CO)[C@@H](O)[C@H](O)[C@H]4NC(C)=O)[C@H](O[C@H]4O[C@H](CO)[C@@H](O)[C@H](O)[C@@H]4O[C@H]4O[C@H](CO)[C@@H](O[C@H]5O[C@H](CO)[C@H](O)[C@H](O[C@@H]6O[C@H](C(=O)O)[C@@H](O)[C@H](O)[C@H]6O)[C@H]5O)[C@H](O)[C@H]4NC(C)=O)[C@@H]3O)[C@H](O)[C@H]2NC(C)=O)[C@@H](CO[C@H]2O[C@H](C)[C@H](O)[C@H](O)[C@H]2O)O[C@@H]1O. The van der Waals surface area contributed by atoms with E-state index in [1.165, 1.54) is 6.92 Å². The molecule has 11 rings (SSSR count). The van der Waals surface area contributed by atoms with Gasteiger partial charge in [0.25, 0.3) is 0 Å². The van der Waals surface area contributed by atoms with Gasteiger partial charge in [0.1, 0.15) is 256 Å². The fraction of sp³-hybridized carbons (Fsp3) is 0.932. The molecule has 0 aromatic rings. The summed E-state index contributed by atoms with van der Waals surface area (Å²) in [7, 11) is 0. The van der Waals surface area contributed by atoms with Crippen molar-refractivity contribution in [1.29, 1.82) is 0 Å². The van der Waals surface area contributed by atoms with E-state index >= 15 is 0 Å². The summed E-state index contributed by atoms with van der Waals surface area (Å²) in [5.41, 5.74) is 0. The molecule has 34 N–H and O–H groups in total. The zero-order chi connectivity index (χ0) is 98.7. The molecule has 11 saturated heterocycles. The van der Waals surface area contributed by atoms with Crippen molar-refractivity contribution in [3.63, 3.8) is 0 Å². The third-order valence-electron chi connectivity index (χ3n) is 24.5. The van der Waals surface area contributed by atoms with Crippen molar-refractivity contribution in [1.82, 2.24) is 21.3 Å². The summed E-state index contributed by atoms with van der Waals surface area (Å²) in [5, 5.41) is 346. The van der Waals surface area contributed by atoms with Gasteiger partial charge in [-0.05, 0) is 6.92 Å². The van der Waals surface area contributed by atoms with E-state index in [1.807, 2.05) is 0 Å². The van der Waals surface area contributed by atoms with E-state index in [9.17, 15) is 177 Å². The lowest BCUT2D eigenvalue weighted by molar-refractivity contribution is -0.409. The number of rotatable bonds is 34. The minimum absolute atomic E-state index is 0.848. The third-order valence-corrected chi connectivity index (χ3v) is 24.5. The Bertz CT molecular complexity index is 3720. The van der Waals surface area contributed by atoms with Gasteiger partial charge in [-0.15, -0.1) is 0 Å². The number of carbonyl (C=O) groups is 5. The molecule has 0 aromatic heterocycles. The number of aliphatic carboxylic acids is 1. The predicted molar refractivity (Wildman–Crippen MR) is 408 cm³/mol. The van der Waals surface area contributed by atoms with Crippen molar-refractivity contribution in [3.05, 3.63) is 0 Å². The number of aliphatic hydroxyl groups excluding tert-OH is 29. The van der Waals surface area contributed by atoms with E-state index in [-0.39, 0.29) is 0 Å². The minimum atomic E-state index is -2.82. The van der Waals surface area contributed by atoms with Gasteiger partial charge >= 0.3 is 5.97 Å². The Balaban J connectivity index is 0.981. The highest BCUT2D eigenvalue weighted by Crippen LogP contribution is 2.42. The Hall–Kier alpha value is -4.65. The molecule has 60 heteroatoms. The number of carbonyl (C=O) groups excluding carboxylic acids is 4. The zero-order valence-corrected chi connectivity index (χ0v) is 71.6. The normalized spacial score (nSPS) is 49.8. The standard InChI is InChI=1S/C74H122N4O56/c1-15-33(90)43(100)48(105)68(116-15)114-13-27-56(40(97)29(64(113)117-27)75-16(2)86)126-66-31(77-18(4)88)41(98)55(25(11-84)123-66)128-73-53(110)60(57(129-65-30(76-17(3)87)39(96)34(91)20(6-79)118-65)28(125-73)14-115-69-51(108)58(37(94)23(9-82)119-69)130-70-49(106)44(101)35(92)21(7-80)120-70)132-74-62(46(103)36(93)22(8-81)122-74)134-67-32(78-19(5)89)42(99)54(26(12-85)124-67)127-72-52(109)59(38(95)24(10-83)121-72)131-71-50(107)45(102)47(104)61(133-71)63(111)112/h15,20-62,64-74,79-85,90-110,113H,6-14H2,1-5H3,(H,75,86)(H,76,87)(H,77,88)(H,78,89)(H,111,112)/t15-,20-,21-,22-,23-,24-,25-,26-,27-,28-,29-,30-,31-,32-,33+,34-,35-,36-,37-,38+,39-,40-,41-,42-,43+,44+,45+,46+,47+,48-,49+,50-,51+,52-,53+,54-,55-,56-,57-,58+,59+,60-,61+,62+,64+,65+,66-,67-,68+,69+,70-,71-,72-,73-,74-/m1/s1. The third kappa shape index (κ3) is 24.0. The first-order valence-corrected chi connectivity index (χ1v) is 42.5. The summed E-state index contributed by atoms with van der Waals surface area (Å²) in [4.78, 5) is 64.6. The van der Waals surface area contributed by atoms with Gasteiger partial charge in [-0.25, -0.2) is 4.79 Å². The number of carboxylic acid groups (broad SMARTS) is 1. The maximum absolute atomic E-state index is 13.5. The number of ether oxygens (including phenoxy) is 21. The Labute approximate surface area is 757 Å². The Morgan fingerprint density at radius 1 is 0.231 bits per heavy atom. The summed E-state index contributed by atoms with van der Waals surface area (Å²) in [5.74, 6) is -5.94. The van der Waals surface area contributed by atoms with E-state index in [4.69, 9.17) is 99.5 Å². The van der Waals surface area contributed by atoms with Crippen LogP contribution in [0.3, 0.4) is 0 Å². The van der Waals surface area contributed by atoms with Crippen LogP contribution in [0, 0.1) is 0 Å². The van der Waals surface area contributed by atoms with Crippen LogP contribution < -0.4 is 21.3 Å². The molecule has 4 amide bonds. The molecule has 0 unspecified atom stereocenters. The Kier molecular flexibility index (Phi) is 38.9. The second-order valence-corrected chi connectivity index (χ2v) is 33.8. The number of amides is 4. The first-order valence-electron chi connectivity index (χ1n) is 42.5. The van der Waals surface area contributed by atoms with Gasteiger partial charge in [-0.2, -0.15) is 0 Å². The first-order chi connectivity index (χ1) is 63.3. The van der Waals surface area contributed by atoms with Crippen LogP contribution in [0.15, 0.2) is 0 Å². The molecule has 11 aliphatic rings. The zero-order valence-electron chi connectivity index (χ0n) is 71.6. The molecule has 0 aliphatic carbocycles. The molecule has 11 aliphatic heterocycles. The maximum atomic E-state index is 13.5. The first kappa shape index (κ1) is 110. The van der Waals surface area contributed by atoms with Gasteiger partial charge in [-0.3, -0.25) is 19.2 Å². The molecule has 0 aromatic carbocycles. The molecule has 134 heavy (non-hydrogen) atoms. The molecule has 0 spiro atoms. The van der Waals surface area contributed by atoms with Crippen molar-refractivity contribution in [2.75, 3.05) is 59.5 Å². The molecule has 11 fully saturated rings. The lowest BCUT2D eigenvalue weighted by Gasteiger charge is -2.52. The van der Waals surface area contributed by atoms with E-state index in [0.29, 0.717) is 0 Å². The van der Waals surface area contributed by atoms with Crippen molar-refractivity contribution in [2.24, 2.45) is 0 Å². The van der Waals surface area contributed by atoms with Crippen molar-refractivity contribution in [2.45, 2.75) is 372 Å². The fourth-order valence-corrected chi connectivity index (χ4v) is 17.3. The number of carboxylic acids is 1. The van der Waals surface area contributed by atoms with Crippen LogP contribution in [-0.4, -0.2) is 580 Å². The monoisotopic (exact) mass is 1960 g/mol. The number of hydrogen-bond acceptors (Lipinski definition) is 55. The summed E-state index contributed by atoms with van der Waals surface area (Å²) in [6, 6.07) is -8.16. The number of nitrogens with one attached hydrogen (secondary N) is 4. The van der Waals surface area contributed by atoms with Crippen LogP contribution in [0.2, 0.25) is 0 Å². The second kappa shape index (κ2) is 47.5. The van der Waals surface area contributed by atoms with Crippen LogP contribution >= 0.6 is 0 Å². The van der Waals surface area contributed by atoms with Crippen molar-refractivity contribution < 1.29 is 277 Å². The van der Waals surface area contributed by atoms with Crippen molar-refractivity contribution in [3.8, 4) is 0 Å². The predicted octanol–water partition coefficient (Wildman–Crippen LogP) is -23.3. The minimum Gasteiger partial charge on any atom is -0.479 e. The van der Waals surface area contributed by atoms with Crippen LogP contribution in [0.25, 0.3) is 0 Å². The quantitative estimate of drug-likeness (QED) is 0.0284. The molecular weight excluding hydrogens is 1840 g/mol. The Morgan fingerprint density at radius 3 is 0.970 bits per heavy atom. The van der Waals surface area contributed by atoms with Crippen LogP contribution in [0.5, 0.6) is 0 Å². The summed E-state index contributed by atoms with van der Waals surface area (Å²) >= 11 is 0. The van der Waals surface area contributed by atoms with Gasteiger partial charge in [0.2, 0.25) is 23.6 Å². The van der Waals surface area contributed by atoms with Crippen molar-refractivity contribution >= 4 is 29.6 Å². The lowest BCUT2D eigenvalue weighted by Crippen LogP contribution is -2.71. The van der Waals surface area contributed by atoms with Gasteiger partial charge < -0.3 is 274 Å². The number of aliphatic hydroxyl groups is 29. The van der Waals surface area contributed by atoms with E-state index in [2.05, 4.69) is 21.3 Å². The van der Waals surface area contributed by atoms with Crippen LogP contribution in [0.1, 0.15) is 34.6 Å². The van der Waals surface area contributed by atoms with E-state index in [0.717, 1.165) is 27.7 Å². The molecule has 11 heterocycles. The van der Waals surface area contributed by atoms with Gasteiger partial charge in [-0.1, -0.05) is 0 Å². The molecule has 0 radical (unpaired) electrons. The molecular formula is C74H122N4O56. The van der Waals surface area contributed by atoms with E-state index < -0.39 is 427 Å². The largest absolute Gasteiger partial charge is 0.479 e. The molecule has 60 nitrogen and oxygen atoms in total. The van der Waals surface area contributed by atoms with Gasteiger partial charge in [0.15, 0.2) is 75.3 Å². The summed E-state index contributed by atoms with van der Waals surface area (Å²) in [6.07, 6.45) is -113. The summed E-state index contributed by atoms with van der Waals surface area (Å²) < 4.78 is 126. The Morgan fingerprint density at radius 2 is 0.515 bits per heavy atom. The second-order valence-electron chi connectivity index (χ2n) is 33.8. The summed E-state index contributed by atoms with van der Waals surface area (Å²) in [6.45, 7) is -5.98. The topological polar surface area (TPSA) is 934 Å². The fourth-order valence-electron chi connectivity index (χ4n) is 17.3. The maximum Gasteiger partial charge on any atom is 0.335 e. The highest BCUT2D eigenvalue weighted by Gasteiger charge is 2.63. The van der Waals surface area contributed by atoms with Gasteiger partial charge in [0.05, 0.1) is 65.6 Å².